The van der Waals surface area contributed by atoms with Gasteiger partial charge in [-0.3, -0.25) is 0 Å². The summed E-state index contributed by atoms with van der Waals surface area (Å²) in [4.78, 5) is 13.5. The molecule has 1 saturated heterocycles. The molecule has 3 N–H and O–H groups in total. The van der Waals surface area contributed by atoms with Gasteiger partial charge >= 0.3 is 0 Å². The highest BCUT2D eigenvalue weighted by Gasteiger charge is 2.54. The molecule has 0 amide bonds. The fourth-order valence-electron chi connectivity index (χ4n) is 6.25. The van der Waals surface area contributed by atoms with Gasteiger partial charge in [0.05, 0.1) is 28.1 Å². The molecule has 9 heteroatoms. The van der Waals surface area contributed by atoms with E-state index in [0.717, 1.165) is 59.5 Å². The van der Waals surface area contributed by atoms with Crippen molar-refractivity contribution < 1.29 is 9.47 Å². The van der Waals surface area contributed by atoms with Crippen molar-refractivity contribution in [3.63, 3.8) is 0 Å². The van der Waals surface area contributed by atoms with Crippen molar-refractivity contribution in [1.82, 2.24) is 19.5 Å². The Hall–Kier alpha value is -2.94. The van der Waals surface area contributed by atoms with E-state index in [1.807, 2.05) is 26.0 Å². The summed E-state index contributed by atoms with van der Waals surface area (Å²) in [6, 6.07) is 10.7. The normalized spacial score (nSPS) is 26.3. The van der Waals surface area contributed by atoms with Crippen LogP contribution in [0.4, 0.5) is 11.6 Å². The van der Waals surface area contributed by atoms with Crippen LogP contribution in [0.2, 0.25) is 5.02 Å². The van der Waals surface area contributed by atoms with Crippen LogP contribution in [0.3, 0.4) is 0 Å². The number of fused-ring (bicyclic) bond motifs is 3. The Labute approximate surface area is 226 Å². The highest BCUT2D eigenvalue weighted by atomic mass is 35.5. The average Bonchev–Trinajstić information content (AvgIpc) is 3.41. The van der Waals surface area contributed by atoms with Crippen molar-refractivity contribution >= 4 is 45.2 Å². The van der Waals surface area contributed by atoms with Crippen molar-refractivity contribution in [3.8, 4) is 0 Å². The van der Waals surface area contributed by atoms with Gasteiger partial charge in [-0.15, -0.1) is 0 Å². The van der Waals surface area contributed by atoms with E-state index in [0.29, 0.717) is 16.8 Å². The third-order valence-electron chi connectivity index (χ3n) is 8.34. The van der Waals surface area contributed by atoms with Crippen LogP contribution in [0.15, 0.2) is 42.9 Å². The van der Waals surface area contributed by atoms with Gasteiger partial charge in [0, 0.05) is 18.1 Å². The number of pyridine rings is 1. The number of rotatable bonds is 7. The number of ether oxygens (including phenoxy) is 2. The predicted octanol–water partition coefficient (Wildman–Crippen LogP) is 5.75. The molecule has 38 heavy (non-hydrogen) atoms. The fourth-order valence-corrected chi connectivity index (χ4v) is 6.48. The summed E-state index contributed by atoms with van der Waals surface area (Å²) in [5.41, 5.74) is 9.20. The zero-order valence-corrected chi connectivity index (χ0v) is 22.5. The summed E-state index contributed by atoms with van der Waals surface area (Å²) in [5, 5.41) is 6.06. The number of benzene rings is 1. The number of nitrogen functional groups attached to an aromatic ring is 1. The van der Waals surface area contributed by atoms with Gasteiger partial charge in [-0.1, -0.05) is 23.7 Å². The van der Waals surface area contributed by atoms with E-state index in [9.17, 15) is 0 Å². The van der Waals surface area contributed by atoms with Crippen molar-refractivity contribution in [1.29, 1.82) is 0 Å². The molecule has 8 nitrogen and oxygen atoms in total. The van der Waals surface area contributed by atoms with Crippen molar-refractivity contribution in [2.75, 3.05) is 17.6 Å². The van der Waals surface area contributed by atoms with E-state index >= 15 is 0 Å². The highest BCUT2D eigenvalue weighted by Crippen LogP contribution is 2.49. The summed E-state index contributed by atoms with van der Waals surface area (Å²) < 4.78 is 15.1. The zero-order valence-electron chi connectivity index (χ0n) is 21.7. The standard InChI is InChI=1S/C29H33ClN6O2/c1-29(2)37-24-19(13-23(25(24)38-29)36-10-9-20-26(31)33-15-34-28(20)36)8-6-16-5-7-18-12-21(30)27(35-22(18)11-16)32-14-17-3-4-17/h5,7,9-12,15,17,19,23-25H,3-4,6,8,13-14H2,1-2H3,(H,32,35)(H2,31,33,34)/t19-,23+,24+,25-/m0/s1. The maximum Gasteiger partial charge on any atom is 0.163 e. The van der Waals surface area contributed by atoms with E-state index in [4.69, 9.17) is 31.8 Å². The number of nitrogens with one attached hydrogen (secondary N) is 1. The number of nitrogens with zero attached hydrogens (tertiary/aromatic N) is 4. The monoisotopic (exact) mass is 532 g/mol. The number of hydrogen-bond donors (Lipinski definition) is 2. The molecular weight excluding hydrogens is 500 g/mol. The predicted molar refractivity (Wildman–Crippen MR) is 149 cm³/mol. The summed E-state index contributed by atoms with van der Waals surface area (Å²) in [6.45, 7) is 4.95. The molecule has 3 fully saturated rings. The number of halogens is 1. The molecule has 1 aliphatic heterocycles. The molecule has 4 heterocycles. The fraction of sp³-hybridized carbons (Fsp3) is 0.483. The third-order valence-corrected chi connectivity index (χ3v) is 8.63. The Morgan fingerprint density at radius 1 is 1.13 bits per heavy atom. The number of hydrogen-bond acceptors (Lipinski definition) is 7. The molecule has 0 bridgehead atoms. The third kappa shape index (κ3) is 4.38. The van der Waals surface area contributed by atoms with E-state index in [-0.39, 0.29) is 18.2 Å². The Morgan fingerprint density at radius 3 is 2.82 bits per heavy atom. The second-order valence-electron chi connectivity index (χ2n) is 11.6. The Balaban J connectivity index is 1.12. The molecule has 0 spiro atoms. The van der Waals surface area contributed by atoms with Crippen molar-refractivity contribution in [2.24, 2.45) is 11.8 Å². The second kappa shape index (κ2) is 9.07. The largest absolute Gasteiger partial charge is 0.383 e. The SMILES string of the molecule is CC1(C)O[C@@H]2[C@@H](CCc3ccc4cc(Cl)c(NCC5CC5)nc4c3)C[C@@H](n3ccc4c(N)ncnc43)[C@@H]2O1. The lowest BCUT2D eigenvalue weighted by Crippen LogP contribution is -2.27. The van der Waals surface area contributed by atoms with Gasteiger partial charge in [0.15, 0.2) is 5.79 Å². The van der Waals surface area contributed by atoms with Gasteiger partial charge in [0.2, 0.25) is 0 Å². The van der Waals surface area contributed by atoms with Gasteiger partial charge in [-0.2, -0.15) is 0 Å². The van der Waals surface area contributed by atoms with E-state index in [1.165, 1.54) is 24.7 Å². The molecule has 2 aliphatic carbocycles. The lowest BCUT2D eigenvalue weighted by molar-refractivity contribution is -0.160. The van der Waals surface area contributed by atoms with Gasteiger partial charge in [0.25, 0.3) is 0 Å². The Kier molecular flexibility index (Phi) is 5.76. The lowest BCUT2D eigenvalue weighted by atomic mass is 9.95. The zero-order chi connectivity index (χ0) is 26.0. The first-order valence-electron chi connectivity index (χ1n) is 13.6. The molecule has 4 atom stereocenters. The minimum Gasteiger partial charge on any atom is -0.383 e. The highest BCUT2D eigenvalue weighted by molar-refractivity contribution is 6.33. The molecule has 0 radical (unpaired) electrons. The number of anilines is 2. The maximum absolute atomic E-state index is 6.50. The van der Waals surface area contributed by atoms with Crippen molar-refractivity contribution in [2.45, 2.75) is 70.0 Å². The number of aryl methyl sites for hydroxylation is 1. The van der Waals surface area contributed by atoms with Gasteiger partial charge < -0.3 is 25.1 Å². The van der Waals surface area contributed by atoms with Crippen LogP contribution >= 0.6 is 11.6 Å². The van der Waals surface area contributed by atoms with Gasteiger partial charge in [-0.25, -0.2) is 15.0 Å². The summed E-state index contributed by atoms with van der Waals surface area (Å²) in [7, 11) is 0. The second-order valence-corrected chi connectivity index (χ2v) is 12.0. The molecule has 2 saturated carbocycles. The smallest absolute Gasteiger partial charge is 0.163 e. The first-order valence-corrected chi connectivity index (χ1v) is 14.0. The van der Waals surface area contributed by atoms with Gasteiger partial charge in [0.1, 0.15) is 29.7 Å². The van der Waals surface area contributed by atoms with Crippen LogP contribution in [-0.4, -0.2) is 44.1 Å². The molecule has 7 rings (SSSR count). The van der Waals surface area contributed by atoms with Crippen LogP contribution < -0.4 is 11.1 Å². The lowest BCUT2D eigenvalue weighted by Gasteiger charge is -2.24. The van der Waals surface area contributed by atoms with Gasteiger partial charge in [-0.05, 0) is 81.5 Å². The Morgan fingerprint density at radius 2 is 1.97 bits per heavy atom. The topological polar surface area (TPSA) is 100 Å². The summed E-state index contributed by atoms with van der Waals surface area (Å²) in [6.07, 6.45) is 9.06. The number of nitrogens with two attached hydrogens (primary N) is 1. The first-order chi connectivity index (χ1) is 18.3. The van der Waals surface area contributed by atoms with E-state index in [1.54, 1.807) is 0 Å². The van der Waals surface area contributed by atoms with E-state index < -0.39 is 5.79 Å². The minimum absolute atomic E-state index is 0.0299. The minimum atomic E-state index is -0.612. The molecule has 4 aromatic rings. The van der Waals surface area contributed by atoms with Crippen LogP contribution in [0.25, 0.3) is 21.9 Å². The molecule has 198 valence electrons. The molecule has 3 aliphatic rings. The molecule has 3 aromatic heterocycles. The first kappa shape index (κ1) is 24.1. The van der Waals surface area contributed by atoms with Crippen LogP contribution in [0.1, 0.15) is 51.1 Å². The Bertz CT molecular complexity index is 1520. The molecular formula is C29H33ClN6O2. The van der Waals surface area contributed by atoms with Crippen LogP contribution in [0, 0.1) is 11.8 Å². The van der Waals surface area contributed by atoms with E-state index in [2.05, 4.69) is 44.2 Å². The molecule has 0 unspecified atom stereocenters. The maximum atomic E-state index is 6.50. The average molecular weight is 533 g/mol. The summed E-state index contributed by atoms with van der Waals surface area (Å²) >= 11 is 6.50. The molecule has 1 aromatic carbocycles. The van der Waals surface area contributed by atoms with Crippen molar-refractivity contribution in [3.05, 3.63) is 53.4 Å². The quantitative estimate of drug-likeness (QED) is 0.312. The summed E-state index contributed by atoms with van der Waals surface area (Å²) in [5.74, 6) is 1.79. The number of aromatic nitrogens is 4. The van der Waals surface area contributed by atoms with Crippen LogP contribution in [-0.2, 0) is 15.9 Å². The van der Waals surface area contributed by atoms with Crippen LogP contribution in [0.5, 0.6) is 0 Å².